The molecule has 0 bridgehead atoms. The molecule has 2 heteroatoms. The van der Waals surface area contributed by atoms with Crippen LogP contribution in [0.25, 0.3) is 0 Å². The van der Waals surface area contributed by atoms with Crippen LogP contribution in [0.3, 0.4) is 0 Å². The normalized spacial score (nSPS) is 7.50. The minimum absolute atomic E-state index is 1.07. The molecule has 0 unspecified atom stereocenters. The van der Waals surface area contributed by atoms with Crippen LogP contribution in [0.4, 0.5) is 0 Å². The Bertz CT molecular complexity index is 8.00. The third-order valence-electron chi connectivity index (χ3n) is 0.177. The summed E-state index contributed by atoms with van der Waals surface area (Å²) in [6.07, 6.45) is 0. The summed E-state index contributed by atoms with van der Waals surface area (Å²) in [7, 11) is 0. The molecule has 0 aromatic rings. The maximum atomic E-state index is 2.93. The molecule has 0 spiro atoms. The summed E-state index contributed by atoms with van der Waals surface area (Å²) in [6.45, 7) is 3.14. The van der Waals surface area contributed by atoms with Gasteiger partial charge in [-0.15, -0.1) is 0 Å². The summed E-state index contributed by atoms with van der Waals surface area (Å²) in [5, 5.41) is 0. The fourth-order valence-electron chi connectivity index (χ4n) is 0. The molecule has 0 heterocycles. The third kappa shape index (κ3) is 2.50. The van der Waals surface area contributed by atoms with Gasteiger partial charge in [-0.3, -0.25) is 0 Å². The van der Waals surface area contributed by atoms with Crippen LogP contribution in [0.2, 0.25) is 0 Å². The van der Waals surface area contributed by atoms with Gasteiger partial charge in [-0.05, 0) is 0 Å². The van der Waals surface area contributed by atoms with E-state index in [1.54, 1.807) is 0 Å². The molecule has 1 N–H and O–H groups in total. The first-order valence-electron chi connectivity index (χ1n) is 1.31. The average Bonchev–Trinajstić information content (AvgIpc) is 1.37. The van der Waals surface area contributed by atoms with Gasteiger partial charge in [0.2, 0.25) is 0 Å². The standard InChI is InChI=1S/C2H6GeN/c1-2-4-3/h4H,2H2,1H3. The Morgan fingerprint density at radius 1 is 2.00 bits per heavy atom. The quantitative estimate of drug-likeness (QED) is 0.463. The van der Waals surface area contributed by atoms with E-state index in [1.807, 2.05) is 16.7 Å². The van der Waals surface area contributed by atoms with Gasteiger partial charge in [0.1, 0.15) is 0 Å². The summed E-state index contributed by atoms with van der Waals surface area (Å²) in [6, 6.07) is 0. The molecule has 0 aromatic heterocycles. The van der Waals surface area contributed by atoms with Crippen molar-refractivity contribution in [3.8, 4) is 0 Å². The number of hydrogen-bond acceptors (Lipinski definition) is 1. The summed E-state index contributed by atoms with van der Waals surface area (Å²) in [5.74, 6) is 0. The van der Waals surface area contributed by atoms with Crippen molar-refractivity contribution in [2.45, 2.75) is 6.92 Å². The Labute approximate surface area is 35.2 Å². The Hall–Kier alpha value is 0.503. The molecule has 0 aromatic carbocycles. The fraction of sp³-hybridized carbons (Fsp3) is 1.00. The SMILES string of the molecule is CC[NH][Ge]. The second-order valence-electron chi connectivity index (χ2n) is 0.530. The second-order valence-corrected chi connectivity index (χ2v) is 1.27. The molecule has 0 aliphatic carbocycles. The Kier molecular flexibility index (Phi) is 3.94. The van der Waals surface area contributed by atoms with Gasteiger partial charge in [0.05, 0.1) is 0 Å². The van der Waals surface area contributed by atoms with Crippen LogP contribution >= 0.6 is 0 Å². The number of nitrogens with one attached hydrogen (secondary N) is 1. The molecule has 0 atom stereocenters. The zero-order valence-corrected chi connectivity index (χ0v) is 4.81. The van der Waals surface area contributed by atoms with E-state index in [0.29, 0.717) is 0 Å². The first-order chi connectivity index (χ1) is 1.91. The molecule has 0 saturated heterocycles. The molecule has 0 rings (SSSR count). The Morgan fingerprint density at radius 2 is 2.25 bits per heavy atom. The van der Waals surface area contributed by atoms with Crippen LogP contribution in [0, 0.1) is 0 Å². The van der Waals surface area contributed by atoms with Gasteiger partial charge in [0, 0.05) is 0 Å². The number of rotatable bonds is 1. The first-order valence-corrected chi connectivity index (χ1v) is 2.36. The molecule has 0 amide bonds. The topological polar surface area (TPSA) is 12.0 Å². The maximum absolute atomic E-state index is 2.93. The van der Waals surface area contributed by atoms with E-state index in [2.05, 4.69) is 11.2 Å². The summed E-state index contributed by atoms with van der Waals surface area (Å²) in [5.41, 5.74) is 0. The molecule has 4 heavy (non-hydrogen) atoms. The third-order valence-corrected chi connectivity index (χ3v) is 0.919. The molecule has 0 saturated carbocycles. The van der Waals surface area contributed by atoms with E-state index in [1.165, 1.54) is 0 Å². The fourth-order valence-corrected chi connectivity index (χ4v) is 0. The van der Waals surface area contributed by atoms with E-state index in [4.69, 9.17) is 0 Å². The summed E-state index contributed by atoms with van der Waals surface area (Å²) in [4.78, 5) is 0. The van der Waals surface area contributed by atoms with Gasteiger partial charge >= 0.3 is 34.5 Å². The molecule has 23 valence electrons. The van der Waals surface area contributed by atoms with Crippen molar-refractivity contribution in [2.75, 3.05) is 6.54 Å². The minimum atomic E-state index is 1.07. The van der Waals surface area contributed by atoms with E-state index >= 15 is 0 Å². The van der Waals surface area contributed by atoms with E-state index < -0.39 is 0 Å². The van der Waals surface area contributed by atoms with Crippen LogP contribution in [-0.4, -0.2) is 23.3 Å². The predicted octanol–water partition coefficient (Wildman–Crippen LogP) is -0.321. The van der Waals surface area contributed by atoms with Gasteiger partial charge < -0.3 is 0 Å². The Morgan fingerprint density at radius 3 is 2.25 bits per heavy atom. The summed E-state index contributed by atoms with van der Waals surface area (Å²) < 4.78 is 2.93. The predicted molar refractivity (Wildman–Crippen MR) is 19.4 cm³/mol. The van der Waals surface area contributed by atoms with Gasteiger partial charge in [0.25, 0.3) is 0 Å². The van der Waals surface area contributed by atoms with E-state index in [9.17, 15) is 0 Å². The van der Waals surface area contributed by atoms with Gasteiger partial charge in [-0.2, -0.15) is 0 Å². The van der Waals surface area contributed by atoms with E-state index in [-0.39, 0.29) is 0 Å². The van der Waals surface area contributed by atoms with Gasteiger partial charge in [-0.25, -0.2) is 0 Å². The zero-order valence-electron chi connectivity index (χ0n) is 2.71. The zero-order chi connectivity index (χ0) is 3.41. The van der Waals surface area contributed by atoms with Crippen molar-refractivity contribution in [3.05, 3.63) is 0 Å². The van der Waals surface area contributed by atoms with Crippen molar-refractivity contribution < 1.29 is 0 Å². The molecular weight excluding hydrogens is 111 g/mol. The van der Waals surface area contributed by atoms with Crippen molar-refractivity contribution in [3.63, 3.8) is 0 Å². The molecule has 3 radical (unpaired) electrons. The monoisotopic (exact) mass is 118 g/mol. The van der Waals surface area contributed by atoms with Crippen molar-refractivity contribution in [1.29, 1.82) is 0 Å². The molecule has 0 fully saturated rings. The van der Waals surface area contributed by atoms with Crippen molar-refractivity contribution >= 4 is 16.7 Å². The molecule has 0 aliphatic heterocycles. The van der Waals surface area contributed by atoms with E-state index in [0.717, 1.165) is 6.54 Å². The van der Waals surface area contributed by atoms with Crippen molar-refractivity contribution in [1.82, 2.24) is 4.27 Å². The van der Waals surface area contributed by atoms with Gasteiger partial charge in [0.15, 0.2) is 0 Å². The molecule has 1 nitrogen and oxygen atoms in total. The van der Waals surface area contributed by atoms with Crippen LogP contribution < -0.4 is 4.27 Å². The van der Waals surface area contributed by atoms with Crippen LogP contribution in [0.15, 0.2) is 0 Å². The first kappa shape index (κ1) is 4.50. The van der Waals surface area contributed by atoms with Gasteiger partial charge in [-0.1, -0.05) is 0 Å². The molecule has 0 aliphatic rings. The average molecular weight is 117 g/mol. The molecular formula is C2H6GeN. The van der Waals surface area contributed by atoms with Crippen LogP contribution in [0.1, 0.15) is 6.92 Å². The van der Waals surface area contributed by atoms with Crippen LogP contribution in [-0.2, 0) is 0 Å². The Balaban J connectivity index is 1.97. The van der Waals surface area contributed by atoms with Crippen LogP contribution in [0.5, 0.6) is 0 Å². The van der Waals surface area contributed by atoms with Crippen molar-refractivity contribution in [2.24, 2.45) is 0 Å². The number of hydrogen-bond donors (Lipinski definition) is 1. The second kappa shape index (κ2) is 3.50. The summed E-state index contributed by atoms with van der Waals surface area (Å²) >= 11 is 1.93.